The fourth-order valence-corrected chi connectivity index (χ4v) is 4.06. The van der Waals surface area contributed by atoms with Crippen LogP contribution in [-0.2, 0) is 4.79 Å². The van der Waals surface area contributed by atoms with Gasteiger partial charge in [0, 0.05) is 0 Å². The van der Waals surface area contributed by atoms with Gasteiger partial charge in [0.15, 0.2) is 0 Å². The highest BCUT2D eigenvalue weighted by molar-refractivity contribution is 5.70. The monoisotopic (exact) mass is 266 g/mol. The second-order valence-corrected chi connectivity index (χ2v) is 6.74. The lowest BCUT2D eigenvalue weighted by molar-refractivity contribution is -0.148. The smallest absolute Gasteiger partial charge is 0.308 e. The van der Waals surface area contributed by atoms with E-state index in [9.17, 15) is 9.90 Å². The number of aliphatic hydroxyl groups is 1. The van der Waals surface area contributed by atoms with Crippen molar-refractivity contribution in [3.05, 3.63) is 11.1 Å². The molecule has 3 nitrogen and oxygen atoms in total. The first-order valence-corrected chi connectivity index (χ1v) is 7.40. The predicted octanol–water partition coefficient (Wildman–Crippen LogP) is 3.09. The number of carboxylic acid groups (broad SMARTS) is 1. The van der Waals surface area contributed by atoms with Gasteiger partial charge in [0.25, 0.3) is 0 Å². The zero-order valence-electron chi connectivity index (χ0n) is 12.4. The van der Waals surface area contributed by atoms with E-state index in [0.29, 0.717) is 17.8 Å². The lowest BCUT2D eigenvalue weighted by Crippen LogP contribution is -2.44. The van der Waals surface area contributed by atoms with Gasteiger partial charge in [-0.05, 0) is 63.7 Å². The van der Waals surface area contributed by atoms with Crippen LogP contribution in [0, 0.1) is 29.6 Å². The highest BCUT2D eigenvalue weighted by atomic mass is 16.4. The summed E-state index contributed by atoms with van der Waals surface area (Å²) >= 11 is 0. The molecule has 0 radical (unpaired) electrons. The van der Waals surface area contributed by atoms with Crippen LogP contribution in [0.15, 0.2) is 11.1 Å². The fraction of sp³-hybridized carbons (Fsp3) is 0.812. The number of carbonyl (C=O) groups is 1. The largest absolute Gasteiger partial charge is 0.481 e. The van der Waals surface area contributed by atoms with Gasteiger partial charge in [-0.15, -0.1) is 0 Å². The Morgan fingerprint density at radius 3 is 2.53 bits per heavy atom. The Morgan fingerprint density at radius 2 is 1.95 bits per heavy atom. The second-order valence-electron chi connectivity index (χ2n) is 6.74. The average Bonchev–Trinajstić information content (AvgIpc) is 2.37. The molecule has 0 spiro atoms. The normalized spacial score (nSPS) is 37.9. The third-order valence-corrected chi connectivity index (χ3v) is 5.76. The number of hydrogen-bond acceptors (Lipinski definition) is 2. The first-order chi connectivity index (χ1) is 8.82. The van der Waals surface area contributed by atoms with Crippen molar-refractivity contribution < 1.29 is 15.0 Å². The molecule has 0 aromatic carbocycles. The molecule has 1 saturated carbocycles. The van der Waals surface area contributed by atoms with Gasteiger partial charge in [-0.25, -0.2) is 0 Å². The lowest BCUT2D eigenvalue weighted by Gasteiger charge is -2.47. The van der Waals surface area contributed by atoms with Gasteiger partial charge >= 0.3 is 5.97 Å². The number of hydrogen-bond donors (Lipinski definition) is 2. The molecule has 0 saturated heterocycles. The van der Waals surface area contributed by atoms with E-state index in [1.54, 1.807) is 6.92 Å². The molecule has 2 aliphatic carbocycles. The molecule has 2 aliphatic rings. The van der Waals surface area contributed by atoms with E-state index in [0.717, 1.165) is 12.8 Å². The van der Waals surface area contributed by atoms with Crippen LogP contribution < -0.4 is 0 Å². The number of aliphatic carboxylic acids is 1. The highest BCUT2D eigenvalue weighted by Gasteiger charge is 2.43. The Labute approximate surface area is 115 Å². The maximum absolute atomic E-state index is 11.1. The SMILES string of the molecule is CC1=C(C)C2CC(C(O)C(C)C(=O)O)C(C)[C@@H](C1)C2. The molecule has 0 aromatic heterocycles. The summed E-state index contributed by atoms with van der Waals surface area (Å²) in [6, 6.07) is 0. The number of allylic oxidation sites excluding steroid dienone is 2. The Hall–Kier alpha value is -0.830. The van der Waals surface area contributed by atoms with E-state index in [1.165, 1.54) is 17.6 Å². The van der Waals surface area contributed by atoms with E-state index >= 15 is 0 Å². The van der Waals surface area contributed by atoms with Gasteiger partial charge < -0.3 is 10.2 Å². The summed E-state index contributed by atoms with van der Waals surface area (Å²) in [6.45, 7) is 8.24. The van der Waals surface area contributed by atoms with Crippen LogP contribution >= 0.6 is 0 Å². The van der Waals surface area contributed by atoms with Crippen molar-refractivity contribution >= 4 is 5.97 Å². The molecular formula is C16H26O3. The van der Waals surface area contributed by atoms with Crippen LogP contribution in [0.1, 0.15) is 47.0 Å². The number of rotatable bonds is 3. The third kappa shape index (κ3) is 2.58. The van der Waals surface area contributed by atoms with E-state index in [2.05, 4.69) is 20.8 Å². The maximum atomic E-state index is 11.1. The Bertz CT molecular complexity index is 399. The summed E-state index contributed by atoms with van der Waals surface area (Å²) in [5.41, 5.74) is 2.98. The van der Waals surface area contributed by atoms with Gasteiger partial charge in [0.05, 0.1) is 12.0 Å². The number of fused-ring (bicyclic) bond motifs is 2. The topological polar surface area (TPSA) is 57.5 Å². The number of aliphatic hydroxyl groups excluding tert-OH is 1. The summed E-state index contributed by atoms with van der Waals surface area (Å²) in [5.74, 6) is 0.142. The molecule has 108 valence electrons. The minimum atomic E-state index is -0.890. The van der Waals surface area contributed by atoms with Crippen LogP contribution in [0.5, 0.6) is 0 Å². The Kier molecular flexibility index (Phi) is 4.05. The molecule has 5 unspecified atom stereocenters. The van der Waals surface area contributed by atoms with E-state index < -0.39 is 18.0 Å². The Morgan fingerprint density at radius 1 is 1.32 bits per heavy atom. The van der Waals surface area contributed by atoms with Crippen LogP contribution in [0.3, 0.4) is 0 Å². The summed E-state index contributed by atoms with van der Waals surface area (Å²) in [4.78, 5) is 11.1. The summed E-state index contributed by atoms with van der Waals surface area (Å²) < 4.78 is 0. The standard InChI is InChI=1S/C16H26O3/c1-8-5-12-6-13(9(8)2)7-14(10(12)3)15(17)11(4)16(18)19/h10-15,17H,5-7H2,1-4H3,(H,18,19)/t10?,11?,12-,13?,14?,15?/m0/s1. The summed E-state index contributed by atoms with van der Waals surface area (Å²) in [7, 11) is 0. The van der Waals surface area contributed by atoms with Gasteiger partial charge in [-0.2, -0.15) is 0 Å². The van der Waals surface area contributed by atoms with Gasteiger partial charge in [-0.1, -0.05) is 18.1 Å². The molecule has 0 heterocycles. The van der Waals surface area contributed by atoms with Crippen molar-refractivity contribution in [1.29, 1.82) is 0 Å². The molecule has 2 rings (SSSR count). The predicted molar refractivity (Wildman–Crippen MR) is 74.7 cm³/mol. The van der Waals surface area contributed by atoms with Crippen molar-refractivity contribution in [2.24, 2.45) is 29.6 Å². The average molecular weight is 266 g/mol. The fourth-order valence-electron chi connectivity index (χ4n) is 4.06. The minimum absolute atomic E-state index is 0.123. The second kappa shape index (κ2) is 5.28. The first-order valence-electron chi connectivity index (χ1n) is 7.40. The van der Waals surface area contributed by atoms with Crippen molar-refractivity contribution in [1.82, 2.24) is 0 Å². The molecule has 0 amide bonds. The van der Waals surface area contributed by atoms with Crippen molar-refractivity contribution in [3.8, 4) is 0 Å². The lowest BCUT2D eigenvalue weighted by atomic mass is 9.59. The van der Waals surface area contributed by atoms with Crippen molar-refractivity contribution in [2.75, 3.05) is 0 Å². The quantitative estimate of drug-likeness (QED) is 0.772. The van der Waals surface area contributed by atoms with Crippen molar-refractivity contribution in [2.45, 2.75) is 53.1 Å². The van der Waals surface area contributed by atoms with Crippen LogP contribution in [-0.4, -0.2) is 22.3 Å². The molecule has 1 fully saturated rings. The molecule has 3 heteroatoms. The molecular weight excluding hydrogens is 240 g/mol. The summed E-state index contributed by atoms with van der Waals surface area (Å²) in [6.07, 6.45) is 2.56. The van der Waals surface area contributed by atoms with E-state index in [-0.39, 0.29) is 5.92 Å². The highest BCUT2D eigenvalue weighted by Crippen LogP contribution is 2.49. The summed E-state index contributed by atoms with van der Waals surface area (Å²) in [5, 5.41) is 19.5. The third-order valence-electron chi connectivity index (χ3n) is 5.76. The first kappa shape index (κ1) is 14.6. The van der Waals surface area contributed by atoms with Crippen LogP contribution in [0.2, 0.25) is 0 Å². The van der Waals surface area contributed by atoms with Gasteiger partial charge in [-0.3, -0.25) is 4.79 Å². The molecule has 0 aromatic rings. The molecule has 2 N–H and O–H groups in total. The van der Waals surface area contributed by atoms with Gasteiger partial charge in [0.2, 0.25) is 0 Å². The van der Waals surface area contributed by atoms with Crippen LogP contribution in [0.4, 0.5) is 0 Å². The van der Waals surface area contributed by atoms with Crippen LogP contribution in [0.25, 0.3) is 0 Å². The molecule has 6 atom stereocenters. The zero-order chi connectivity index (χ0) is 14.3. The number of carboxylic acids is 1. The molecule has 2 bridgehead atoms. The maximum Gasteiger partial charge on any atom is 0.308 e. The minimum Gasteiger partial charge on any atom is -0.481 e. The molecule has 0 aliphatic heterocycles. The van der Waals surface area contributed by atoms with E-state index in [1.807, 2.05) is 0 Å². The Balaban J connectivity index is 2.19. The van der Waals surface area contributed by atoms with E-state index in [4.69, 9.17) is 5.11 Å². The molecule has 19 heavy (non-hydrogen) atoms. The van der Waals surface area contributed by atoms with Gasteiger partial charge in [0.1, 0.15) is 0 Å². The van der Waals surface area contributed by atoms with Crippen molar-refractivity contribution in [3.63, 3.8) is 0 Å². The zero-order valence-corrected chi connectivity index (χ0v) is 12.4.